The van der Waals surface area contributed by atoms with E-state index in [1.54, 1.807) is 35.2 Å². The molecule has 2 aromatic rings. The predicted octanol–water partition coefficient (Wildman–Crippen LogP) is 4.14. The molecule has 0 aliphatic carbocycles. The second-order valence-corrected chi connectivity index (χ2v) is 10.1. The molecule has 0 aromatic heterocycles. The number of anilines is 2. The quantitative estimate of drug-likeness (QED) is 0.719. The van der Waals surface area contributed by atoms with Gasteiger partial charge >= 0.3 is 0 Å². The fraction of sp³-hybridized carbons (Fsp3) is 0.364. The van der Waals surface area contributed by atoms with Gasteiger partial charge in [0.05, 0.1) is 10.6 Å². The maximum atomic E-state index is 12.8. The minimum atomic E-state index is -3.64. The van der Waals surface area contributed by atoms with Crippen molar-refractivity contribution in [1.29, 1.82) is 0 Å². The minimum Gasteiger partial charge on any atom is -0.326 e. The van der Waals surface area contributed by atoms with Crippen molar-refractivity contribution in [3.63, 3.8) is 0 Å². The van der Waals surface area contributed by atoms with E-state index in [-0.39, 0.29) is 29.0 Å². The number of nitrogens with one attached hydrogen (secondary N) is 1. The Balaban J connectivity index is 1.71. The molecule has 0 bridgehead atoms. The SMILES string of the molecule is CCC(=O)N1c2ccc(S(=O)(=O)CCC(=O)Nc3cc(Cl)ccc3C)cc2CC1C. The number of aryl methyl sites for hydroxylation is 1. The fourth-order valence-electron chi connectivity index (χ4n) is 3.64. The zero-order chi connectivity index (χ0) is 22.1. The van der Waals surface area contributed by atoms with Gasteiger partial charge in [0, 0.05) is 35.3 Å². The van der Waals surface area contributed by atoms with Gasteiger partial charge in [0.25, 0.3) is 0 Å². The van der Waals surface area contributed by atoms with E-state index < -0.39 is 15.7 Å². The standard InChI is InChI=1S/C22H25ClN2O4S/c1-4-22(27)25-15(3)11-16-12-18(7-8-20(16)25)30(28,29)10-9-21(26)24-19-13-17(23)6-5-14(19)2/h5-8,12-13,15H,4,9-11H2,1-3H3,(H,24,26). The van der Waals surface area contributed by atoms with Crippen LogP contribution in [-0.2, 0) is 25.8 Å². The molecule has 3 rings (SSSR count). The molecule has 0 fully saturated rings. The smallest absolute Gasteiger partial charge is 0.226 e. The average Bonchev–Trinajstić information content (AvgIpc) is 3.03. The molecule has 160 valence electrons. The van der Waals surface area contributed by atoms with Crippen LogP contribution in [0, 0.1) is 6.92 Å². The number of rotatable bonds is 6. The van der Waals surface area contributed by atoms with Gasteiger partial charge < -0.3 is 10.2 Å². The van der Waals surface area contributed by atoms with E-state index in [1.165, 1.54) is 6.07 Å². The van der Waals surface area contributed by atoms with Gasteiger partial charge in [-0.2, -0.15) is 0 Å². The summed E-state index contributed by atoms with van der Waals surface area (Å²) in [4.78, 5) is 26.4. The number of benzene rings is 2. The van der Waals surface area contributed by atoms with Crippen molar-refractivity contribution in [2.45, 2.75) is 51.0 Å². The first-order valence-electron chi connectivity index (χ1n) is 9.86. The van der Waals surface area contributed by atoms with Crippen LogP contribution in [0.3, 0.4) is 0 Å². The zero-order valence-corrected chi connectivity index (χ0v) is 18.8. The van der Waals surface area contributed by atoms with Crippen LogP contribution >= 0.6 is 11.6 Å². The summed E-state index contributed by atoms with van der Waals surface area (Å²) in [6, 6.07) is 9.97. The largest absolute Gasteiger partial charge is 0.326 e. The first kappa shape index (κ1) is 22.3. The molecule has 1 unspecified atom stereocenters. The Bertz CT molecular complexity index is 1100. The lowest BCUT2D eigenvalue weighted by atomic mass is 10.1. The van der Waals surface area contributed by atoms with Crippen molar-refractivity contribution < 1.29 is 18.0 Å². The van der Waals surface area contributed by atoms with Crippen LogP contribution in [0.1, 0.15) is 37.8 Å². The summed E-state index contributed by atoms with van der Waals surface area (Å²) in [6.45, 7) is 5.59. The van der Waals surface area contributed by atoms with E-state index in [1.807, 2.05) is 20.8 Å². The number of sulfone groups is 1. The molecule has 6 nitrogen and oxygen atoms in total. The number of carbonyl (C=O) groups excluding carboxylic acids is 2. The first-order chi connectivity index (χ1) is 14.1. The highest BCUT2D eigenvalue weighted by molar-refractivity contribution is 7.91. The average molecular weight is 449 g/mol. The maximum absolute atomic E-state index is 12.8. The molecule has 1 atom stereocenters. The number of amides is 2. The van der Waals surface area contributed by atoms with Gasteiger partial charge in [0.15, 0.2) is 9.84 Å². The lowest BCUT2D eigenvalue weighted by Gasteiger charge is -2.22. The third-order valence-electron chi connectivity index (χ3n) is 5.27. The van der Waals surface area contributed by atoms with E-state index >= 15 is 0 Å². The molecule has 1 N–H and O–H groups in total. The van der Waals surface area contributed by atoms with Crippen LogP contribution in [0.4, 0.5) is 11.4 Å². The molecule has 0 saturated heterocycles. The summed E-state index contributed by atoms with van der Waals surface area (Å²) in [7, 11) is -3.64. The first-order valence-corrected chi connectivity index (χ1v) is 11.9. The van der Waals surface area contributed by atoms with Crippen LogP contribution in [0.2, 0.25) is 5.02 Å². The van der Waals surface area contributed by atoms with Gasteiger partial charge in [0.2, 0.25) is 11.8 Å². The Morgan fingerprint density at radius 2 is 1.93 bits per heavy atom. The van der Waals surface area contributed by atoms with E-state index in [0.29, 0.717) is 23.6 Å². The Kier molecular flexibility index (Phi) is 6.53. The van der Waals surface area contributed by atoms with Crippen molar-refractivity contribution in [2.75, 3.05) is 16.0 Å². The van der Waals surface area contributed by atoms with Crippen molar-refractivity contribution in [1.82, 2.24) is 0 Å². The molecule has 8 heteroatoms. The van der Waals surface area contributed by atoms with Crippen LogP contribution in [0.5, 0.6) is 0 Å². The number of fused-ring (bicyclic) bond motifs is 1. The molecule has 2 amide bonds. The summed E-state index contributed by atoms with van der Waals surface area (Å²) < 4.78 is 25.6. The molecule has 2 aromatic carbocycles. The monoisotopic (exact) mass is 448 g/mol. The number of hydrogen-bond donors (Lipinski definition) is 1. The van der Waals surface area contributed by atoms with Crippen molar-refractivity contribution in [2.24, 2.45) is 0 Å². The molecule has 0 saturated carbocycles. The molecule has 0 radical (unpaired) electrons. The van der Waals surface area contributed by atoms with E-state index in [2.05, 4.69) is 5.32 Å². The van der Waals surface area contributed by atoms with Crippen molar-refractivity contribution in [3.8, 4) is 0 Å². The molecular weight excluding hydrogens is 424 g/mol. The second kappa shape index (κ2) is 8.78. The minimum absolute atomic E-state index is 0.00267. The van der Waals surface area contributed by atoms with E-state index in [9.17, 15) is 18.0 Å². The molecule has 30 heavy (non-hydrogen) atoms. The van der Waals surface area contributed by atoms with Crippen molar-refractivity contribution in [3.05, 3.63) is 52.5 Å². The van der Waals surface area contributed by atoms with Crippen molar-refractivity contribution >= 4 is 44.6 Å². The number of halogens is 1. The van der Waals surface area contributed by atoms with Gasteiger partial charge in [-0.3, -0.25) is 9.59 Å². The van der Waals surface area contributed by atoms with Crippen LogP contribution in [-0.4, -0.2) is 32.0 Å². The molecule has 0 spiro atoms. The molecule has 1 heterocycles. The molecular formula is C22H25ClN2O4S. The topological polar surface area (TPSA) is 83.6 Å². The maximum Gasteiger partial charge on any atom is 0.226 e. The van der Waals surface area contributed by atoms with Gasteiger partial charge in [-0.1, -0.05) is 24.6 Å². The zero-order valence-electron chi connectivity index (χ0n) is 17.2. The highest BCUT2D eigenvalue weighted by Crippen LogP contribution is 2.34. The van der Waals surface area contributed by atoms with E-state index in [4.69, 9.17) is 11.6 Å². The highest BCUT2D eigenvalue weighted by atomic mass is 35.5. The number of nitrogens with zero attached hydrogens (tertiary/aromatic N) is 1. The third-order valence-corrected chi connectivity index (χ3v) is 7.22. The highest BCUT2D eigenvalue weighted by Gasteiger charge is 2.31. The summed E-state index contributed by atoms with van der Waals surface area (Å²) in [5.74, 6) is -0.673. The van der Waals surface area contributed by atoms with Crippen LogP contribution in [0.25, 0.3) is 0 Å². The van der Waals surface area contributed by atoms with Gasteiger partial charge in [-0.25, -0.2) is 8.42 Å². The summed E-state index contributed by atoms with van der Waals surface area (Å²) in [5, 5.41) is 3.21. The van der Waals surface area contributed by atoms with Gasteiger partial charge in [0.1, 0.15) is 0 Å². The fourth-order valence-corrected chi connectivity index (χ4v) is 5.10. The number of carbonyl (C=O) groups is 2. The second-order valence-electron chi connectivity index (χ2n) is 7.54. The van der Waals surface area contributed by atoms with Gasteiger partial charge in [-0.15, -0.1) is 0 Å². The Labute approximate surface area is 182 Å². The van der Waals surface area contributed by atoms with Crippen LogP contribution < -0.4 is 10.2 Å². The van der Waals surface area contributed by atoms with Gasteiger partial charge in [-0.05, 0) is 61.7 Å². The van der Waals surface area contributed by atoms with Crippen LogP contribution in [0.15, 0.2) is 41.3 Å². The third kappa shape index (κ3) is 4.68. The predicted molar refractivity (Wildman–Crippen MR) is 119 cm³/mol. The summed E-state index contributed by atoms with van der Waals surface area (Å²) in [5.41, 5.74) is 3.01. The lowest BCUT2D eigenvalue weighted by molar-refractivity contribution is -0.118. The summed E-state index contributed by atoms with van der Waals surface area (Å²) in [6.07, 6.45) is 0.840. The Morgan fingerprint density at radius 3 is 2.63 bits per heavy atom. The molecule has 1 aliphatic rings. The summed E-state index contributed by atoms with van der Waals surface area (Å²) >= 11 is 5.95. The normalized spacial score (nSPS) is 15.7. The Morgan fingerprint density at radius 1 is 1.20 bits per heavy atom. The lowest BCUT2D eigenvalue weighted by Crippen LogP contribution is -2.35. The molecule has 1 aliphatic heterocycles. The van der Waals surface area contributed by atoms with E-state index in [0.717, 1.165) is 16.8 Å². The number of hydrogen-bond acceptors (Lipinski definition) is 4. The Hall–Kier alpha value is -2.38.